The third-order valence-corrected chi connectivity index (χ3v) is 6.48. The van der Waals surface area contributed by atoms with Crippen LogP contribution in [0.1, 0.15) is 12.5 Å². The molecule has 1 N–H and O–H groups in total. The maximum absolute atomic E-state index is 13.1. The fourth-order valence-electron chi connectivity index (χ4n) is 2.82. The molecule has 1 amide bonds. The van der Waals surface area contributed by atoms with Gasteiger partial charge in [-0.05, 0) is 95.2 Å². The van der Waals surface area contributed by atoms with Crippen LogP contribution in [-0.4, -0.2) is 20.9 Å². The maximum Gasteiger partial charge on any atom is 0.339 e. The van der Waals surface area contributed by atoms with E-state index >= 15 is 0 Å². The highest BCUT2D eigenvalue weighted by Crippen LogP contribution is 2.39. The second kappa shape index (κ2) is 11.4. The van der Waals surface area contributed by atoms with Crippen molar-refractivity contribution in [2.75, 3.05) is 11.9 Å². The summed E-state index contributed by atoms with van der Waals surface area (Å²) in [6, 6.07) is 15.2. The van der Waals surface area contributed by atoms with Crippen molar-refractivity contribution in [3.05, 3.63) is 87.1 Å². The number of carbonyl (C=O) groups excluding carboxylic acids is 1. The Morgan fingerprint density at radius 3 is 2.43 bits per heavy atom. The summed E-state index contributed by atoms with van der Waals surface area (Å²) in [7, 11) is -4.21. The van der Waals surface area contributed by atoms with Gasteiger partial charge in [0.2, 0.25) is 0 Å². The predicted molar refractivity (Wildman–Crippen MR) is 133 cm³/mol. The molecule has 0 aromatic heterocycles. The number of halogens is 3. The molecule has 0 saturated heterocycles. The van der Waals surface area contributed by atoms with Gasteiger partial charge in [-0.1, -0.05) is 11.6 Å². The summed E-state index contributed by atoms with van der Waals surface area (Å²) in [6.45, 7) is 1.89. The standard InChI is InChI=1S/C24H17BrClFN2O5S/c1-2-33-22-13-15(11-16(14-28)24(30)29-19-7-5-18(27)6-8-19)12-21(25)23(22)34-35(31,32)20-9-3-17(26)4-10-20/h3-13H,2H2,1H3,(H,29,30)/b16-11+. The number of ether oxygens (including phenoxy) is 1. The van der Waals surface area contributed by atoms with Gasteiger partial charge < -0.3 is 14.2 Å². The molecular formula is C24H17BrClFN2O5S. The van der Waals surface area contributed by atoms with E-state index in [2.05, 4.69) is 21.2 Å². The Balaban J connectivity index is 1.93. The first-order chi connectivity index (χ1) is 16.6. The lowest BCUT2D eigenvalue weighted by Gasteiger charge is -2.14. The fourth-order valence-corrected chi connectivity index (χ4v) is 4.55. The Labute approximate surface area is 215 Å². The Kier molecular flexibility index (Phi) is 8.51. The lowest BCUT2D eigenvalue weighted by atomic mass is 10.1. The van der Waals surface area contributed by atoms with Gasteiger partial charge in [0.25, 0.3) is 5.91 Å². The van der Waals surface area contributed by atoms with Gasteiger partial charge in [-0.15, -0.1) is 0 Å². The van der Waals surface area contributed by atoms with Crippen molar-refractivity contribution in [2.24, 2.45) is 0 Å². The molecule has 11 heteroatoms. The van der Waals surface area contributed by atoms with Crippen LogP contribution in [0.15, 0.2) is 75.6 Å². The minimum atomic E-state index is -4.21. The second-order valence-corrected chi connectivity index (χ2v) is 9.72. The monoisotopic (exact) mass is 578 g/mol. The van der Waals surface area contributed by atoms with E-state index in [1.807, 2.05) is 6.07 Å². The molecule has 0 saturated carbocycles. The molecule has 35 heavy (non-hydrogen) atoms. The molecule has 0 unspecified atom stereocenters. The second-order valence-electron chi connectivity index (χ2n) is 6.89. The first-order valence-electron chi connectivity index (χ1n) is 9.98. The van der Waals surface area contributed by atoms with E-state index in [4.69, 9.17) is 20.5 Å². The van der Waals surface area contributed by atoms with E-state index in [0.717, 1.165) is 0 Å². The number of rotatable bonds is 8. The lowest BCUT2D eigenvalue weighted by Crippen LogP contribution is -2.13. The average Bonchev–Trinajstić information content (AvgIpc) is 2.81. The molecule has 3 aromatic carbocycles. The summed E-state index contributed by atoms with van der Waals surface area (Å²) in [6.07, 6.45) is 1.30. The van der Waals surface area contributed by atoms with Crippen molar-refractivity contribution in [1.82, 2.24) is 0 Å². The van der Waals surface area contributed by atoms with Crippen molar-refractivity contribution in [3.63, 3.8) is 0 Å². The zero-order valence-electron chi connectivity index (χ0n) is 18.1. The summed E-state index contributed by atoms with van der Waals surface area (Å²) in [5, 5.41) is 12.4. The number of benzene rings is 3. The van der Waals surface area contributed by atoms with Crippen molar-refractivity contribution in [1.29, 1.82) is 5.26 Å². The van der Waals surface area contributed by atoms with Gasteiger partial charge in [0.15, 0.2) is 11.5 Å². The Hall–Kier alpha value is -3.39. The summed E-state index contributed by atoms with van der Waals surface area (Å²) in [4.78, 5) is 12.4. The Bertz CT molecular complexity index is 1420. The first kappa shape index (κ1) is 26.2. The highest BCUT2D eigenvalue weighted by atomic mass is 79.9. The SMILES string of the molecule is CCOc1cc(/C=C(\C#N)C(=O)Nc2ccc(F)cc2)cc(Br)c1OS(=O)(=O)c1ccc(Cl)cc1. The Morgan fingerprint density at radius 1 is 1.17 bits per heavy atom. The van der Waals surface area contributed by atoms with Crippen LogP contribution in [0.25, 0.3) is 6.08 Å². The van der Waals surface area contributed by atoms with Crippen LogP contribution in [0, 0.1) is 17.1 Å². The van der Waals surface area contributed by atoms with Crippen molar-refractivity contribution in [2.45, 2.75) is 11.8 Å². The minimum Gasteiger partial charge on any atom is -0.490 e. The summed E-state index contributed by atoms with van der Waals surface area (Å²) in [5.74, 6) is -1.21. The Morgan fingerprint density at radius 2 is 1.83 bits per heavy atom. The van der Waals surface area contributed by atoms with Crippen LogP contribution in [-0.2, 0) is 14.9 Å². The van der Waals surface area contributed by atoms with E-state index in [1.165, 1.54) is 66.7 Å². The highest BCUT2D eigenvalue weighted by Gasteiger charge is 2.22. The molecule has 0 bridgehead atoms. The lowest BCUT2D eigenvalue weighted by molar-refractivity contribution is -0.112. The highest BCUT2D eigenvalue weighted by molar-refractivity contribution is 9.10. The summed E-state index contributed by atoms with van der Waals surface area (Å²) >= 11 is 9.10. The van der Waals surface area contributed by atoms with Crippen molar-refractivity contribution < 1.29 is 26.5 Å². The molecule has 3 aromatic rings. The average molecular weight is 580 g/mol. The summed E-state index contributed by atoms with van der Waals surface area (Å²) in [5.41, 5.74) is 0.429. The number of hydrogen-bond acceptors (Lipinski definition) is 6. The van der Waals surface area contributed by atoms with E-state index < -0.39 is 21.8 Å². The fraction of sp³-hybridized carbons (Fsp3) is 0.0833. The molecular weight excluding hydrogens is 563 g/mol. The zero-order valence-corrected chi connectivity index (χ0v) is 21.2. The third kappa shape index (κ3) is 6.82. The van der Waals surface area contributed by atoms with Crippen molar-refractivity contribution in [3.8, 4) is 17.6 Å². The van der Waals surface area contributed by atoms with Crippen LogP contribution in [0.4, 0.5) is 10.1 Å². The van der Waals surface area contributed by atoms with Gasteiger partial charge >= 0.3 is 10.1 Å². The normalized spacial score (nSPS) is 11.5. The number of nitrogens with one attached hydrogen (secondary N) is 1. The molecule has 0 atom stereocenters. The molecule has 0 aliphatic carbocycles. The predicted octanol–water partition coefficient (Wildman–Crippen LogP) is 5.95. The largest absolute Gasteiger partial charge is 0.490 e. The van der Waals surface area contributed by atoms with E-state index in [-0.39, 0.29) is 33.0 Å². The van der Waals surface area contributed by atoms with Gasteiger partial charge in [-0.2, -0.15) is 13.7 Å². The maximum atomic E-state index is 13.1. The number of hydrogen-bond donors (Lipinski definition) is 1. The molecule has 0 aliphatic rings. The molecule has 3 rings (SSSR count). The number of nitrogens with zero attached hydrogens (tertiary/aromatic N) is 1. The zero-order chi connectivity index (χ0) is 25.6. The van der Waals surface area contributed by atoms with Gasteiger partial charge in [0.05, 0.1) is 11.1 Å². The van der Waals surface area contributed by atoms with Crippen molar-refractivity contribution >= 4 is 55.3 Å². The summed E-state index contributed by atoms with van der Waals surface area (Å²) < 4.78 is 49.7. The topological polar surface area (TPSA) is 105 Å². The number of amides is 1. The molecule has 0 fully saturated rings. The van der Waals surface area contributed by atoms with Gasteiger partial charge in [-0.25, -0.2) is 4.39 Å². The van der Waals surface area contributed by atoms with Crippen LogP contribution in [0.3, 0.4) is 0 Å². The number of anilines is 1. The molecule has 0 radical (unpaired) electrons. The van der Waals surface area contributed by atoms with E-state index in [0.29, 0.717) is 16.3 Å². The number of nitriles is 1. The van der Waals surface area contributed by atoms with Gasteiger partial charge in [-0.3, -0.25) is 4.79 Å². The van der Waals surface area contributed by atoms with Crippen LogP contribution in [0.2, 0.25) is 5.02 Å². The van der Waals surface area contributed by atoms with Gasteiger partial charge in [0.1, 0.15) is 22.4 Å². The molecule has 0 spiro atoms. The molecule has 180 valence electrons. The quantitative estimate of drug-likeness (QED) is 0.201. The number of carbonyl (C=O) groups is 1. The van der Waals surface area contributed by atoms with E-state index in [1.54, 1.807) is 6.92 Å². The molecule has 0 heterocycles. The van der Waals surface area contributed by atoms with Crippen LogP contribution in [0.5, 0.6) is 11.5 Å². The molecule has 0 aliphatic heterocycles. The minimum absolute atomic E-state index is 0.0712. The van der Waals surface area contributed by atoms with Crippen LogP contribution >= 0.6 is 27.5 Å². The first-order valence-corrected chi connectivity index (χ1v) is 12.6. The van der Waals surface area contributed by atoms with Gasteiger partial charge in [0, 0.05) is 10.7 Å². The third-order valence-electron chi connectivity index (χ3n) is 4.41. The smallest absolute Gasteiger partial charge is 0.339 e. The van der Waals surface area contributed by atoms with E-state index in [9.17, 15) is 22.9 Å². The van der Waals surface area contributed by atoms with Crippen LogP contribution < -0.4 is 14.2 Å². The molecule has 7 nitrogen and oxygen atoms in total.